The Balaban J connectivity index is 1.47. The Labute approximate surface area is 137 Å². The van der Waals surface area contributed by atoms with Gasteiger partial charge in [0.25, 0.3) is 0 Å². The van der Waals surface area contributed by atoms with Crippen LogP contribution in [0.1, 0.15) is 5.56 Å². The number of fused-ring (bicyclic) bond motifs is 1. The topological polar surface area (TPSA) is 97.6 Å². The lowest BCUT2D eigenvalue weighted by Crippen LogP contribution is -2.33. The van der Waals surface area contributed by atoms with Crippen molar-refractivity contribution < 1.29 is 14.3 Å². The first-order valence-corrected chi connectivity index (χ1v) is 7.25. The van der Waals surface area contributed by atoms with Crippen molar-refractivity contribution in [1.82, 2.24) is 19.9 Å². The molecule has 0 bridgehead atoms. The third-order valence-corrected chi connectivity index (χ3v) is 3.16. The maximum Gasteiger partial charge on any atom is 0.407 e. The maximum absolute atomic E-state index is 11.9. The van der Waals surface area contributed by atoms with E-state index in [0.29, 0.717) is 11.5 Å². The molecule has 2 amide bonds. The number of nitrogens with zero attached hydrogens (tertiary/aromatic N) is 3. The van der Waals surface area contributed by atoms with E-state index in [-0.39, 0.29) is 13.2 Å². The van der Waals surface area contributed by atoms with Gasteiger partial charge in [0.05, 0.1) is 6.20 Å². The lowest BCUT2D eigenvalue weighted by Gasteiger charge is -2.08. The van der Waals surface area contributed by atoms with Crippen molar-refractivity contribution in [2.45, 2.75) is 6.61 Å². The van der Waals surface area contributed by atoms with Gasteiger partial charge in [-0.25, -0.2) is 9.78 Å². The second kappa shape index (κ2) is 7.23. The van der Waals surface area contributed by atoms with Crippen molar-refractivity contribution in [1.29, 1.82) is 0 Å². The molecule has 2 aromatic heterocycles. The molecular formula is C16H15N5O3. The van der Waals surface area contributed by atoms with E-state index in [4.69, 9.17) is 4.74 Å². The molecule has 0 radical (unpaired) electrons. The monoisotopic (exact) mass is 325 g/mol. The van der Waals surface area contributed by atoms with Gasteiger partial charge < -0.3 is 15.4 Å². The number of rotatable bonds is 5. The first-order valence-electron chi connectivity index (χ1n) is 7.25. The normalized spacial score (nSPS) is 10.3. The molecule has 122 valence electrons. The van der Waals surface area contributed by atoms with Crippen molar-refractivity contribution in [2.24, 2.45) is 0 Å². The predicted octanol–water partition coefficient (Wildman–Crippen LogP) is 1.59. The summed E-state index contributed by atoms with van der Waals surface area (Å²) in [6.45, 7) is -0.0642. The highest BCUT2D eigenvalue weighted by Gasteiger charge is 2.09. The van der Waals surface area contributed by atoms with Crippen LogP contribution in [0.15, 0.2) is 54.9 Å². The Morgan fingerprint density at radius 1 is 1.08 bits per heavy atom. The van der Waals surface area contributed by atoms with Crippen molar-refractivity contribution in [3.8, 4) is 0 Å². The van der Waals surface area contributed by atoms with Crippen LogP contribution in [0, 0.1) is 0 Å². The van der Waals surface area contributed by atoms with Crippen molar-refractivity contribution in [3.63, 3.8) is 0 Å². The largest absolute Gasteiger partial charge is 0.445 e. The molecule has 0 spiro atoms. The molecular weight excluding hydrogens is 310 g/mol. The van der Waals surface area contributed by atoms with Gasteiger partial charge in [0, 0.05) is 12.3 Å². The summed E-state index contributed by atoms with van der Waals surface area (Å²) in [6, 6.07) is 12.6. The van der Waals surface area contributed by atoms with Crippen molar-refractivity contribution >= 4 is 23.5 Å². The van der Waals surface area contributed by atoms with E-state index < -0.39 is 12.0 Å². The van der Waals surface area contributed by atoms with Gasteiger partial charge in [-0.3, -0.25) is 4.79 Å². The van der Waals surface area contributed by atoms with Gasteiger partial charge >= 0.3 is 6.09 Å². The Bertz CT molecular complexity index is 847. The van der Waals surface area contributed by atoms with Gasteiger partial charge in [0.1, 0.15) is 19.0 Å². The fourth-order valence-electron chi connectivity index (χ4n) is 2.04. The Morgan fingerprint density at radius 2 is 1.92 bits per heavy atom. The molecule has 0 aliphatic heterocycles. The first kappa shape index (κ1) is 15.5. The van der Waals surface area contributed by atoms with Crippen LogP contribution in [-0.4, -0.2) is 33.1 Å². The van der Waals surface area contributed by atoms with Crippen LogP contribution >= 0.6 is 0 Å². The molecule has 0 saturated carbocycles. The zero-order valence-corrected chi connectivity index (χ0v) is 12.7. The summed E-state index contributed by atoms with van der Waals surface area (Å²) in [4.78, 5) is 27.6. The number of amides is 2. The molecule has 2 N–H and O–H groups in total. The van der Waals surface area contributed by atoms with Gasteiger partial charge in [0.2, 0.25) is 5.91 Å². The summed E-state index contributed by atoms with van der Waals surface area (Å²) >= 11 is 0. The van der Waals surface area contributed by atoms with Crippen LogP contribution < -0.4 is 10.6 Å². The lowest BCUT2D eigenvalue weighted by atomic mass is 10.2. The summed E-state index contributed by atoms with van der Waals surface area (Å²) in [5.41, 5.74) is 1.48. The molecule has 0 atom stereocenters. The Hall–Kier alpha value is -3.42. The minimum absolute atomic E-state index is 0.145. The number of anilines is 1. The van der Waals surface area contributed by atoms with Crippen molar-refractivity contribution in [3.05, 3.63) is 60.4 Å². The number of aromatic nitrogens is 3. The van der Waals surface area contributed by atoms with Crippen LogP contribution in [0.2, 0.25) is 0 Å². The predicted molar refractivity (Wildman–Crippen MR) is 86.2 cm³/mol. The number of hydrogen-bond acceptors (Lipinski definition) is 5. The fourth-order valence-corrected chi connectivity index (χ4v) is 2.04. The molecule has 3 aromatic rings. The SMILES string of the molecule is O=C(CNC(=O)OCc1ccccc1)Nc1ccnc2ccnn12. The average Bonchev–Trinajstić information content (AvgIpc) is 3.09. The van der Waals surface area contributed by atoms with Crippen LogP contribution in [0.3, 0.4) is 0 Å². The molecule has 3 rings (SSSR count). The summed E-state index contributed by atoms with van der Waals surface area (Å²) in [5, 5.41) is 9.11. The third-order valence-electron chi connectivity index (χ3n) is 3.16. The Morgan fingerprint density at radius 3 is 2.75 bits per heavy atom. The molecule has 24 heavy (non-hydrogen) atoms. The zero-order valence-electron chi connectivity index (χ0n) is 12.7. The number of carbonyl (C=O) groups is 2. The second-order valence-corrected chi connectivity index (χ2v) is 4.89. The molecule has 0 saturated heterocycles. The number of nitrogens with one attached hydrogen (secondary N) is 2. The highest BCUT2D eigenvalue weighted by atomic mass is 16.5. The van der Waals surface area contributed by atoms with E-state index in [2.05, 4.69) is 20.7 Å². The van der Waals surface area contributed by atoms with E-state index in [1.54, 1.807) is 24.5 Å². The lowest BCUT2D eigenvalue weighted by molar-refractivity contribution is -0.115. The molecule has 0 fully saturated rings. The van der Waals surface area contributed by atoms with Crippen LogP contribution in [0.4, 0.5) is 10.6 Å². The zero-order chi connectivity index (χ0) is 16.8. The highest BCUT2D eigenvalue weighted by Crippen LogP contribution is 2.07. The number of carbonyl (C=O) groups excluding carboxylic acids is 2. The molecule has 0 aliphatic carbocycles. The summed E-state index contributed by atoms with van der Waals surface area (Å²) in [7, 11) is 0. The van der Waals surface area contributed by atoms with Crippen LogP contribution in [-0.2, 0) is 16.1 Å². The van der Waals surface area contributed by atoms with Gasteiger partial charge in [-0.05, 0) is 11.6 Å². The summed E-state index contributed by atoms with van der Waals surface area (Å²) in [5.74, 6) is 0.0733. The maximum atomic E-state index is 11.9. The number of ether oxygens (including phenoxy) is 1. The quantitative estimate of drug-likeness (QED) is 0.742. The molecule has 0 aliphatic rings. The van der Waals surface area contributed by atoms with Gasteiger partial charge in [-0.1, -0.05) is 30.3 Å². The third kappa shape index (κ3) is 3.86. The average molecular weight is 325 g/mol. The molecule has 8 nitrogen and oxygen atoms in total. The van der Waals surface area contributed by atoms with Gasteiger partial charge in [0.15, 0.2) is 5.65 Å². The van der Waals surface area contributed by atoms with E-state index in [1.165, 1.54) is 4.52 Å². The van der Waals surface area contributed by atoms with Gasteiger partial charge in [-0.2, -0.15) is 9.61 Å². The van der Waals surface area contributed by atoms with E-state index >= 15 is 0 Å². The highest BCUT2D eigenvalue weighted by molar-refractivity contribution is 5.93. The molecule has 2 heterocycles. The standard InChI is InChI=1S/C16H15N5O3/c22-15(20-14-6-8-17-13-7-9-19-21(13)14)10-18-16(23)24-11-12-4-2-1-3-5-12/h1-9H,10-11H2,(H,18,23)(H,20,22). The molecule has 1 aromatic carbocycles. The van der Waals surface area contributed by atoms with E-state index in [9.17, 15) is 9.59 Å². The smallest absolute Gasteiger partial charge is 0.407 e. The first-order chi connectivity index (χ1) is 11.7. The van der Waals surface area contributed by atoms with E-state index in [0.717, 1.165) is 5.56 Å². The molecule has 8 heteroatoms. The van der Waals surface area contributed by atoms with Crippen LogP contribution in [0.25, 0.3) is 5.65 Å². The fraction of sp³-hybridized carbons (Fsp3) is 0.125. The summed E-state index contributed by atoms with van der Waals surface area (Å²) in [6.07, 6.45) is 2.48. The number of hydrogen-bond donors (Lipinski definition) is 2. The second-order valence-electron chi connectivity index (χ2n) is 4.89. The minimum Gasteiger partial charge on any atom is -0.445 e. The van der Waals surface area contributed by atoms with E-state index in [1.807, 2.05) is 30.3 Å². The van der Waals surface area contributed by atoms with Crippen LogP contribution in [0.5, 0.6) is 0 Å². The van der Waals surface area contributed by atoms with Gasteiger partial charge in [-0.15, -0.1) is 0 Å². The summed E-state index contributed by atoms with van der Waals surface area (Å²) < 4.78 is 6.52. The van der Waals surface area contributed by atoms with Crippen molar-refractivity contribution in [2.75, 3.05) is 11.9 Å². The number of benzene rings is 1. The molecule has 0 unspecified atom stereocenters. The minimum atomic E-state index is -0.659. The number of alkyl carbamates (subject to hydrolysis) is 1. The Kier molecular flexibility index (Phi) is 4.66.